The van der Waals surface area contributed by atoms with Crippen LogP contribution in [0.3, 0.4) is 0 Å². The summed E-state index contributed by atoms with van der Waals surface area (Å²) in [5.41, 5.74) is 0.729. The topological polar surface area (TPSA) is 70.5 Å². The number of hydrogen-bond donors (Lipinski definition) is 1. The number of piperazine rings is 1. The molecule has 0 radical (unpaired) electrons. The van der Waals surface area contributed by atoms with Gasteiger partial charge >= 0.3 is 0 Å². The van der Waals surface area contributed by atoms with Gasteiger partial charge in [-0.3, -0.25) is 14.3 Å². The minimum absolute atomic E-state index is 0. The van der Waals surface area contributed by atoms with Crippen molar-refractivity contribution in [2.24, 2.45) is 13.0 Å². The molecule has 2 atom stereocenters. The average molecular weight is 384 g/mol. The van der Waals surface area contributed by atoms with Crippen LogP contribution in [0.2, 0.25) is 0 Å². The number of carbonyl (C=O) groups is 2. The van der Waals surface area contributed by atoms with Gasteiger partial charge in [0, 0.05) is 44.8 Å². The minimum atomic E-state index is -0.352. The van der Waals surface area contributed by atoms with E-state index < -0.39 is 0 Å². The Kier molecular flexibility index (Phi) is 6.02. The summed E-state index contributed by atoms with van der Waals surface area (Å²) >= 11 is 0. The first-order valence-electron chi connectivity index (χ1n) is 9.01. The van der Waals surface area contributed by atoms with Crippen LogP contribution in [0, 0.1) is 5.92 Å². The van der Waals surface area contributed by atoms with Gasteiger partial charge in [0.25, 0.3) is 0 Å². The first-order chi connectivity index (χ1) is 11.7. The molecule has 0 bridgehead atoms. The third-order valence-electron chi connectivity index (χ3n) is 5.34. The maximum absolute atomic E-state index is 13.2. The van der Waals surface area contributed by atoms with Gasteiger partial charge in [-0.25, -0.2) is 0 Å². The molecule has 7 nitrogen and oxygen atoms in total. The second kappa shape index (κ2) is 7.56. The molecule has 3 rings (SSSR count). The van der Waals surface area contributed by atoms with E-state index in [0.717, 1.165) is 12.1 Å². The third kappa shape index (κ3) is 3.74. The molecule has 8 heteroatoms. The van der Waals surface area contributed by atoms with E-state index >= 15 is 0 Å². The molecule has 0 aromatic carbocycles. The molecule has 0 aliphatic carbocycles. The first-order valence-corrected chi connectivity index (χ1v) is 9.01. The normalized spacial score (nSPS) is 25.5. The number of hydrogen-bond acceptors (Lipinski definition) is 4. The van der Waals surface area contributed by atoms with E-state index in [0.29, 0.717) is 13.1 Å². The van der Waals surface area contributed by atoms with Crippen LogP contribution in [0.15, 0.2) is 12.4 Å². The lowest BCUT2D eigenvalue weighted by Gasteiger charge is -2.49. The van der Waals surface area contributed by atoms with Gasteiger partial charge in [-0.15, -0.1) is 12.4 Å². The lowest BCUT2D eigenvalue weighted by molar-refractivity contribution is -0.157. The predicted octanol–water partition coefficient (Wildman–Crippen LogP) is 1.00. The van der Waals surface area contributed by atoms with Crippen LogP contribution in [-0.2, 0) is 16.6 Å². The first kappa shape index (κ1) is 20.7. The molecule has 1 N–H and O–H groups in total. The summed E-state index contributed by atoms with van der Waals surface area (Å²) in [5.74, 6) is 0.0770. The van der Waals surface area contributed by atoms with Crippen molar-refractivity contribution >= 4 is 24.2 Å². The molecule has 2 aliphatic rings. The lowest BCUT2D eigenvalue weighted by Crippen LogP contribution is -2.65. The number of nitrogens with one attached hydrogen (secondary N) is 1. The number of aryl methyl sites for hydroxylation is 1. The zero-order valence-electron chi connectivity index (χ0n) is 16.2. The molecular weight excluding hydrogens is 354 g/mol. The monoisotopic (exact) mass is 383 g/mol. The molecule has 2 saturated heterocycles. The maximum Gasteiger partial charge on any atom is 0.242 e. The summed E-state index contributed by atoms with van der Waals surface area (Å²) in [6, 6.07) is 0.135. The highest BCUT2D eigenvalue weighted by atomic mass is 35.5. The molecule has 3 heterocycles. The molecule has 1 aromatic heterocycles. The number of carbonyl (C=O) groups excluding carboxylic acids is 2. The highest BCUT2D eigenvalue weighted by Gasteiger charge is 2.44. The van der Waals surface area contributed by atoms with Crippen LogP contribution in [0.25, 0.3) is 0 Å². The molecule has 146 valence electrons. The number of aromatic nitrogens is 2. The van der Waals surface area contributed by atoms with Crippen LogP contribution >= 0.6 is 12.4 Å². The Morgan fingerprint density at radius 1 is 1.35 bits per heavy atom. The Hall–Kier alpha value is -1.60. The molecular formula is C18H30ClN5O2. The Labute approximate surface area is 161 Å². The van der Waals surface area contributed by atoms with Gasteiger partial charge in [-0.05, 0) is 33.3 Å². The Bertz CT molecular complexity index is 672. The van der Waals surface area contributed by atoms with Gasteiger partial charge in [0.05, 0.1) is 24.2 Å². The molecule has 2 fully saturated rings. The van der Waals surface area contributed by atoms with Crippen LogP contribution in [0.5, 0.6) is 0 Å². The largest absolute Gasteiger partial charge is 0.332 e. The smallest absolute Gasteiger partial charge is 0.242 e. The predicted molar refractivity (Wildman–Crippen MR) is 102 cm³/mol. The second-order valence-corrected chi connectivity index (χ2v) is 8.18. The molecule has 0 spiro atoms. The second-order valence-electron chi connectivity index (χ2n) is 8.18. The minimum Gasteiger partial charge on any atom is -0.332 e. The fraction of sp³-hybridized carbons (Fsp3) is 0.722. The van der Waals surface area contributed by atoms with Crippen molar-refractivity contribution in [3.05, 3.63) is 18.0 Å². The van der Waals surface area contributed by atoms with Gasteiger partial charge in [0.1, 0.15) is 0 Å². The van der Waals surface area contributed by atoms with E-state index in [4.69, 9.17) is 0 Å². The van der Waals surface area contributed by atoms with E-state index in [9.17, 15) is 9.59 Å². The number of nitrogens with zero attached hydrogens (tertiary/aromatic N) is 4. The summed E-state index contributed by atoms with van der Waals surface area (Å²) in [7, 11) is 1.88. The van der Waals surface area contributed by atoms with Crippen LogP contribution in [0.4, 0.5) is 0 Å². The van der Waals surface area contributed by atoms with Gasteiger partial charge in [0.15, 0.2) is 0 Å². The summed E-state index contributed by atoms with van der Waals surface area (Å²) in [4.78, 5) is 29.5. The zero-order valence-corrected chi connectivity index (χ0v) is 17.0. The van der Waals surface area contributed by atoms with Gasteiger partial charge in [-0.2, -0.15) is 5.10 Å². The van der Waals surface area contributed by atoms with Crippen molar-refractivity contribution in [2.75, 3.05) is 26.2 Å². The Morgan fingerprint density at radius 2 is 2.04 bits per heavy atom. The highest BCUT2D eigenvalue weighted by molar-refractivity contribution is 5.88. The van der Waals surface area contributed by atoms with E-state index in [1.807, 2.05) is 52.0 Å². The van der Waals surface area contributed by atoms with E-state index in [1.165, 1.54) is 0 Å². The molecule has 2 aliphatic heterocycles. The SMILES string of the molecule is CC(C)N1C(=O)CN(C(=O)[C@H]2CNC[C@@H]2c2cnn(C)c2)CC1(C)C.Cl. The van der Waals surface area contributed by atoms with Gasteiger partial charge in [-0.1, -0.05) is 0 Å². The van der Waals surface area contributed by atoms with Gasteiger partial charge < -0.3 is 15.1 Å². The van der Waals surface area contributed by atoms with Crippen molar-refractivity contribution in [3.63, 3.8) is 0 Å². The van der Waals surface area contributed by atoms with E-state index in [1.54, 1.807) is 9.58 Å². The standard InChI is InChI=1S/C18H29N5O2.ClH/c1-12(2)23-16(24)10-22(11-18(23,3)4)17(25)15-8-19-7-14(15)13-6-20-21(5)9-13;/h6,9,12,14-15,19H,7-8,10-11H2,1-5H3;1H/t14-,15+;/m1./s1. The molecule has 0 unspecified atom stereocenters. The Balaban J connectivity index is 0.00000243. The molecule has 2 amide bonds. The van der Waals surface area contributed by atoms with Crippen LogP contribution in [-0.4, -0.2) is 69.2 Å². The summed E-state index contributed by atoms with van der Waals surface area (Å²) in [6.45, 7) is 10.3. The van der Waals surface area contributed by atoms with Crippen molar-refractivity contribution in [3.8, 4) is 0 Å². The summed E-state index contributed by atoms with van der Waals surface area (Å²) < 4.78 is 1.77. The van der Waals surface area contributed by atoms with E-state index in [2.05, 4.69) is 10.4 Å². The van der Waals surface area contributed by atoms with E-state index in [-0.39, 0.29) is 54.2 Å². The number of amides is 2. The molecule has 26 heavy (non-hydrogen) atoms. The molecule has 1 aromatic rings. The fourth-order valence-electron chi connectivity index (χ4n) is 4.47. The summed E-state index contributed by atoms with van der Waals surface area (Å²) in [6.07, 6.45) is 3.81. The lowest BCUT2D eigenvalue weighted by atomic mass is 9.88. The molecule has 0 saturated carbocycles. The van der Waals surface area contributed by atoms with Crippen molar-refractivity contribution in [1.82, 2.24) is 24.9 Å². The summed E-state index contributed by atoms with van der Waals surface area (Å²) in [5, 5.41) is 7.56. The number of rotatable bonds is 3. The van der Waals surface area contributed by atoms with Crippen molar-refractivity contribution in [2.45, 2.75) is 45.2 Å². The quantitative estimate of drug-likeness (QED) is 0.845. The fourth-order valence-corrected chi connectivity index (χ4v) is 4.47. The Morgan fingerprint density at radius 3 is 2.58 bits per heavy atom. The third-order valence-corrected chi connectivity index (χ3v) is 5.34. The van der Waals surface area contributed by atoms with Crippen LogP contribution < -0.4 is 5.32 Å². The maximum atomic E-state index is 13.2. The number of halogens is 1. The van der Waals surface area contributed by atoms with Crippen molar-refractivity contribution < 1.29 is 9.59 Å². The average Bonchev–Trinajstić information content (AvgIpc) is 3.12. The van der Waals surface area contributed by atoms with Gasteiger partial charge in [0.2, 0.25) is 11.8 Å². The van der Waals surface area contributed by atoms with Crippen molar-refractivity contribution in [1.29, 1.82) is 0 Å². The zero-order chi connectivity index (χ0) is 18.4. The highest BCUT2D eigenvalue weighted by Crippen LogP contribution is 2.32. The van der Waals surface area contributed by atoms with Crippen LogP contribution in [0.1, 0.15) is 39.2 Å².